The van der Waals surface area contributed by atoms with E-state index in [1.165, 1.54) is 6.92 Å². The summed E-state index contributed by atoms with van der Waals surface area (Å²) in [5.41, 5.74) is -3.65. The minimum Gasteiger partial charge on any atom is -0.506 e. The van der Waals surface area contributed by atoms with E-state index in [4.69, 9.17) is 0 Å². The summed E-state index contributed by atoms with van der Waals surface area (Å²) in [7, 11) is 0. The van der Waals surface area contributed by atoms with Gasteiger partial charge in [-0.3, -0.25) is 10.1 Å². The molecule has 30 heavy (non-hydrogen) atoms. The number of aromatic hydroxyl groups is 1. The average Bonchev–Trinajstić information content (AvgIpc) is 2.69. The Labute approximate surface area is 165 Å². The number of aliphatic hydroxyl groups is 1. The Hall–Kier alpha value is -3.96. The lowest BCUT2D eigenvalue weighted by Crippen LogP contribution is -2.15. The van der Waals surface area contributed by atoms with Crippen LogP contribution in [0.2, 0.25) is 0 Å². The summed E-state index contributed by atoms with van der Waals surface area (Å²) in [6.45, 7) is 1.36. The quantitative estimate of drug-likeness (QED) is 0.0913. The molecule has 2 aromatic carbocycles. The van der Waals surface area contributed by atoms with Crippen LogP contribution >= 0.6 is 0 Å². The van der Waals surface area contributed by atoms with E-state index >= 15 is 0 Å². The predicted octanol–water partition coefficient (Wildman–Crippen LogP) is 4.39. The Bertz CT molecular complexity index is 1110. The summed E-state index contributed by atoms with van der Waals surface area (Å²) < 4.78 is 54.0. The molecule has 2 aromatic rings. The van der Waals surface area contributed by atoms with Crippen molar-refractivity contribution in [3.8, 4) is 5.75 Å². The molecule has 3 N–H and O–H groups in total. The van der Waals surface area contributed by atoms with Crippen molar-refractivity contribution in [1.29, 1.82) is 0 Å². The lowest BCUT2D eigenvalue weighted by molar-refractivity contribution is -0.384. The first kappa shape index (κ1) is 22.3. The van der Waals surface area contributed by atoms with Gasteiger partial charge >= 0.3 is 5.97 Å². The first-order valence-corrected chi connectivity index (χ1v) is 8.04. The van der Waals surface area contributed by atoms with E-state index in [0.717, 1.165) is 18.2 Å². The molecule has 158 valence electrons. The number of carboxylic acids is 1. The van der Waals surface area contributed by atoms with Gasteiger partial charge in [-0.15, -0.1) is 0 Å². The molecule has 0 saturated carbocycles. The number of aliphatic carboxylic acids is 1. The molecule has 0 atom stereocenters. The van der Waals surface area contributed by atoms with Crippen molar-refractivity contribution in [2.45, 2.75) is 13.3 Å². The highest BCUT2D eigenvalue weighted by Crippen LogP contribution is 2.32. The van der Waals surface area contributed by atoms with E-state index in [1.807, 2.05) is 0 Å². The van der Waals surface area contributed by atoms with Crippen LogP contribution in [-0.2, 0) is 4.79 Å². The number of carboxylic acid groups (broad SMARTS) is 1. The van der Waals surface area contributed by atoms with Gasteiger partial charge in [-0.1, -0.05) is 6.92 Å². The predicted molar refractivity (Wildman–Crippen MR) is 95.6 cm³/mol. The molecule has 0 heterocycles. The van der Waals surface area contributed by atoms with Gasteiger partial charge in [0.2, 0.25) is 0 Å². The minimum absolute atomic E-state index is 0.0721. The molecule has 0 aliphatic rings. The normalized spacial score (nSPS) is 12.5. The Morgan fingerprint density at radius 2 is 1.73 bits per heavy atom. The van der Waals surface area contributed by atoms with E-state index < -0.39 is 68.2 Å². The van der Waals surface area contributed by atoms with Crippen LogP contribution in [0.1, 0.15) is 18.9 Å². The summed E-state index contributed by atoms with van der Waals surface area (Å²) >= 11 is 0. The van der Waals surface area contributed by atoms with Crippen LogP contribution in [0.3, 0.4) is 0 Å². The van der Waals surface area contributed by atoms with E-state index in [9.17, 15) is 47.8 Å². The minimum atomic E-state index is -2.26. The van der Waals surface area contributed by atoms with Crippen LogP contribution in [0.5, 0.6) is 5.75 Å². The Balaban J connectivity index is 2.73. The smallest absolute Gasteiger partial charge is 0.341 e. The summed E-state index contributed by atoms with van der Waals surface area (Å²) in [5, 5.41) is 40.2. The van der Waals surface area contributed by atoms with Gasteiger partial charge in [0, 0.05) is 6.07 Å². The fourth-order valence-corrected chi connectivity index (χ4v) is 2.42. The second-order valence-electron chi connectivity index (χ2n) is 5.72. The molecule has 0 aromatic heterocycles. The molecule has 0 fully saturated rings. The maximum Gasteiger partial charge on any atom is 0.341 e. The number of halogens is 4. The molecule has 2 rings (SSSR count). The van der Waals surface area contributed by atoms with Crippen LogP contribution in [0, 0.1) is 33.4 Å². The molecule has 0 aliphatic heterocycles. The number of rotatable bonds is 6. The molecule has 0 bridgehead atoms. The van der Waals surface area contributed by atoms with Crippen LogP contribution in [0.25, 0.3) is 5.76 Å². The maximum atomic E-state index is 14.0. The standard InChI is InChI=1S/C18H12F4N2O6/c1-2-10(23-11-4-3-7(24(29)30)5-12(11)25)13(18(27)28)17(26)8-6-9(19)15(21)16(22)14(8)20/h3-6,25-26H,2H2,1H3,(H,27,28). The van der Waals surface area contributed by atoms with Crippen molar-refractivity contribution in [1.82, 2.24) is 0 Å². The number of hydrogen-bond donors (Lipinski definition) is 3. The number of phenolic OH excluding ortho intramolecular Hbond substituents is 1. The number of benzene rings is 2. The van der Waals surface area contributed by atoms with Crippen molar-refractivity contribution < 1.29 is 42.6 Å². The van der Waals surface area contributed by atoms with Gasteiger partial charge in [0.1, 0.15) is 22.8 Å². The topological polar surface area (TPSA) is 133 Å². The Kier molecular flexibility index (Phi) is 6.40. The number of hydrogen-bond acceptors (Lipinski definition) is 6. The number of aliphatic hydroxyl groups excluding tert-OH is 1. The molecule has 0 spiro atoms. The van der Waals surface area contributed by atoms with Gasteiger partial charge in [0.05, 0.1) is 22.3 Å². The number of carbonyl (C=O) groups is 1. The highest BCUT2D eigenvalue weighted by Gasteiger charge is 2.27. The summed E-state index contributed by atoms with van der Waals surface area (Å²) in [4.78, 5) is 25.4. The number of nitro benzene ring substituents is 1. The van der Waals surface area contributed by atoms with Gasteiger partial charge < -0.3 is 15.3 Å². The van der Waals surface area contributed by atoms with Crippen molar-refractivity contribution in [2.75, 3.05) is 0 Å². The number of aliphatic imine (C=N–C) groups is 1. The van der Waals surface area contributed by atoms with Gasteiger partial charge in [-0.2, -0.15) is 0 Å². The average molecular weight is 428 g/mol. The number of phenols is 1. The molecule has 8 nitrogen and oxygen atoms in total. The van der Waals surface area contributed by atoms with Gasteiger partial charge in [0.15, 0.2) is 23.3 Å². The number of nitrogens with zero attached hydrogens (tertiary/aromatic N) is 2. The molecule has 0 amide bonds. The number of nitro groups is 1. The van der Waals surface area contributed by atoms with Crippen LogP contribution in [0.4, 0.5) is 28.9 Å². The molecule has 0 saturated heterocycles. The zero-order valence-corrected chi connectivity index (χ0v) is 15.0. The first-order chi connectivity index (χ1) is 14.0. The highest BCUT2D eigenvalue weighted by molar-refractivity contribution is 6.24. The molecular formula is C18H12F4N2O6. The van der Waals surface area contributed by atoms with Gasteiger partial charge in [-0.05, 0) is 18.6 Å². The van der Waals surface area contributed by atoms with E-state index in [0.29, 0.717) is 0 Å². The first-order valence-electron chi connectivity index (χ1n) is 8.04. The van der Waals surface area contributed by atoms with Crippen molar-refractivity contribution >= 4 is 28.8 Å². The molecule has 0 aliphatic carbocycles. The summed E-state index contributed by atoms with van der Waals surface area (Å²) in [6.07, 6.45) is -0.240. The molecular weight excluding hydrogens is 416 g/mol. The largest absolute Gasteiger partial charge is 0.506 e. The third kappa shape index (κ3) is 4.21. The fourth-order valence-electron chi connectivity index (χ4n) is 2.42. The van der Waals surface area contributed by atoms with E-state index in [2.05, 4.69) is 4.99 Å². The van der Waals surface area contributed by atoms with Crippen molar-refractivity contribution in [3.05, 3.63) is 68.8 Å². The lowest BCUT2D eigenvalue weighted by atomic mass is 10.0. The Morgan fingerprint density at radius 1 is 1.10 bits per heavy atom. The third-order valence-electron chi connectivity index (χ3n) is 3.86. The van der Waals surface area contributed by atoms with Crippen LogP contribution < -0.4 is 0 Å². The second kappa shape index (κ2) is 8.59. The zero-order chi connectivity index (χ0) is 22.7. The van der Waals surface area contributed by atoms with Crippen molar-refractivity contribution in [2.24, 2.45) is 4.99 Å². The summed E-state index contributed by atoms with van der Waals surface area (Å²) in [6, 6.07) is 2.75. The van der Waals surface area contributed by atoms with E-state index in [1.54, 1.807) is 0 Å². The fraction of sp³-hybridized carbons (Fsp3) is 0.111. The number of non-ortho nitro benzene ring substituents is 1. The molecule has 0 unspecified atom stereocenters. The third-order valence-corrected chi connectivity index (χ3v) is 3.86. The lowest BCUT2D eigenvalue weighted by Gasteiger charge is -2.11. The molecule has 0 radical (unpaired) electrons. The Morgan fingerprint density at radius 3 is 2.23 bits per heavy atom. The SMILES string of the molecule is CCC(=Nc1ccc([N+](=O)[O-])cc1O)C(C(=O)O)=C(O)c1cc(F)c(F)c(F)c1F. The highest BCUT2D eigenvalue weighted by atomic mass is 19.2. The van der Waals surface area contributed by atoms with E-state index in [-0.39, 0.29) is 18.2 Å². The zero-order valence-electron chi connectivity index (χ0n) is 15.0. The monoisotopic (exact) mass is 428 g/mol. The second-order valence-corrected chi connectivity index (χ2v) is 5.72. The van der Waals surface area contributed by atoms with Crippen LogP contribution in [0.15, 0.2) is 34.8 Å². The van der Waals surface area contributed by atoms with Crippen molar-refractivity contribution in [3.63, 3.8) is 0 Å². The molecule has 12 heteroatoms. The maximum absolute atomic E-state index is 14.0. The van der Waals surface area contributed by atoms with Gasteiger partial charge in [-0.25, -0.2) is 27.3 Å². The van der Waals surface area contributed by atoms with Gasteiger partial charge in [0.25, 0.3) is 5.69 Å². The van der Waals surface area contributed by atoms with Crippen LogP contribution in [-0.4, -0.2) is 31.9 Å². The summed E-state index contributed by atoms with van der Waals surface area (Å²) in [5.74, 6) is -12.3.